The van der Waals surface area contributed by atoms with Crippen LogP contribution in [0.1, 0.15) is 15.9 Å². The summed E-state index contributed by atoms with van der Waals surface area (Å²) in [4.78, 5) is 18.3. The molecule has 0 aliphatic carbocycles. The predicted molar refractivity (Wildman–Crippen MR) is 69.6 cm³/mol. The van der Waals surface area contributed by atoms with Gasteiger partial charge in [-0.05, 0) is 42.0 Å². The van der Waals surface area contributed by atoms with E-state index < -0.39 is 5.97 Å². The molecule has 0 amide bonds. The molecule has 0 saturated heterocycles. The third-order valence-electron chi connectivity index (χ3n) is 2.75. The maximum atomic E-state index is 11.9. The Balaban J connectivity index is 1.92. The minimum absolute atomic E-state index is 0.465. The molecule has 0 spiro atoms. The van der Waals surface area contributed by atoms with Crippen molar-refractivity contribution in [1.29, 1.82) is 0 Å². The van der Waals surface area contributed by atoms with Crippen LogP contribution in [-0.2, 0) is 0 Å². The number of benzene rings is 2. The van der Waals surface area contributed by atoms with Crippen LogP contribution in [0.15, 0.2) is 48.5 Å². The van der Waals surface area contributed by atoms with E-state index >= 15 is 0 Å². The summed E-state index contributed by atoms with van der Waals surface area (Å²) in [5.41, 5.74) is 2.91. The molecule has 0 fully saturated rings. The molecule has 5 heteroatoms. The van der Waals surface area contributed by atoms with Gasteiger partial charge in [0.1, 0.15) is 11.0 Å². The summed E-state index contributed by atoms with van der Waals surface area (Å²) < 4.78 is 0. The van der Waals surface area contributed by atoms with Crippen molar-refractivity contribution < 1.29 is 9.63 Å². The van der Waals surface area contributed by atoms with Crippen LogP contribution in [0.3, 0.4) is 0 Å². The van der Waals surface area contributed by atoms with Crippen LogP contribution in [0.5, 0.6) is 0 Å². The molecule has 0 radical (unpaired) electrons. The van der Waals surface area contributed by atoms with E-state index in [2.05, 4.69) is 10.3 Å². The van der Waals surface area contributed by atoms with Crippen LogP contribution in [-0.4, -0.2) is 21.1 Å². The first kappa shape index (κ1) is 11.4. The molecule has 0 atom stereocenters. The minimum Gasteiger partial charge on any atom is -0.312 e. The first-order chi connectivity index (χ1) is 9.24. The van der Waals surface area contributed by atoms with Gasteiger partial charge in [-0.1, -0.05) is 29.1 Å². The SMILES string of the molecule is Cc1ccc2c(c1)nnn2OC(=O)c1ccccc1. The third-order valence-corrected chi connectivity index (χ3v) is 2.75. The van der Waals surface area contributed by atoms with Crippen molar-refractivity contribution in [2.45, 2.75) is 6.92 Å². The van der Waals surface area contributed by atoms with E-state index in [-0.39, 0.29) is 0 Å². The van der Waals surface area contributed by atoms with E-state index in [0.717, 1.165) is 10.4 Å². The van der Waals surface area contributed by atoms with Crippen LogP contribution in [0.2, 0.25) is 0 Å². The molecular weight excluding hydrogens is 242 g/mol. The van der Waals surface area contributed by atoms with Gasteiger partial charge in [0.15, 0.2) is 0 Å². The molecule has 0 aliphatic heterocycles. The van der Waals surface area contributed by atoms with Gasteiger partial charge in [-0.3, -0.25) is 0 Å². The summed E-state index contributed by atoms with van der Waals surface area (Å²) in [5.74, 6) is -0.465. The summed E-state index contributed by atoms with van der Waals surface area (Å²) in [6, 6.07) is 14.4. The smallest absolute Gasteiger partial charge is 0.312 e. The molecule has 19 heavy (non-hydrogen) atoms. The Morgan fingerprint density at radius 3 is 2.74 bits per heavy atom. The number of hydrogen-bond donors (Lipinski definition) is 0. The zero-order valence-corrected chi connectivity index (χ0v) is 10.3. The second-order valence-corrected chi connectivity index (χ2v) is 4.20. The van der Waals surface area contributed by atoms with Gasteiger partial charge in [0.05, 0.1) is 5.56 Å². The number of aromatic nitrogens is 3. The highest BCUT2D eigenvalue weighted by molar-refractivity contribution is 5.90. The maximum Gasteiger partial charge on any atom is 0.365 e. The van der Waals surface area contributed by atoms with Gasteiger partial charge in [-0.25, -0.2) is 4.79 Å². The second-order valence-electron chi connectivity index (χ2n) is 4.20. The lowest BCUT2D eigenvalue weighted by Gasteiger charge is -2.03. The highest BCUT2D eigenvalue weighted by atomic mass is 16.7. The van der Waals surface area contributed by atoms with Gasteiger partial charge in [0, 0.05) is 0 Å². The molecule has 0 aliphatic rings. The molecule has 2 aromatic carbocycles. The summed E-state index contributed by atoms with van der Waals surface area (Å²) in [6.45, 7) is 1.97. The van der Waals surface area contributed by atoms with Crippen LogP contribution >= 0.6 is 0 Å². The quantitative estimate of drug-likeness (QED) is 0.655. The molecule has 0 bridgehead atoms. The minimum atomic E-state index is -0.465. The normalized spacial score (nSPS) is 10.6. The lowest BCUT2D eigenvalue weighted by Crippen LogP contribution is -2.20. The fraction of sp³-hybridized carbons (Fsp3) is 0.0714. The van der Waals surface area contributed by atoms with Crippen LogP contribution in [0.4, 0.5) is 0 Å². The lowest BCUT2D eigenvalue weighted by atomic mass is 10.2. The number of rotatable bonds is 2. The van der Waals surface area contributed by atoms with E-state index in [1.54, 1.807) is 24.3 Å². The Morgan fingerprint density at radius 2 is 1.95 bits per heavy atom. The Morgan fingerprint density at radius 1 is 1.16 bits per heavy atom. The molecule has 0 saturated carbocycles. The van der Waals surface area contributed by atoms with E-state index in [4.69, 9.17) is 4.84 Å². The number of aryl methyl sites for hydroxylation is 1. The monoisotopic (exact) mass is 253 g/mol. The first-order valence-corrected chi connectivity index (χ1v) is 5.84. The number of carbonyl (C=O) groups excluding carboxylic acids is 1. The average Bonchev–Trinajstić information content (AvgIpc) is 2.82. The topological polar surface area (TPSA) is 57.0 Å². The Labute approximate surface area is 109 Å². The van der Waals surface area contributed by atoms with Crippen LogP contribution in [0, 0.1) is 6.92 Å². The van der Waals surface area contributed by atoms with Gasteiger partial charge in [-0.2, -0.15) is 0 Å². The first-order valence-electron chi connectivity index (χ1n) is 5.84. The fourth-order valence-corrected chi connectivity index (χ4v) is 1.79. The zero-order chi connectivity index (χ0) is 13.2. The summed E-state index contributed by atoms with van der Waals surface area (Å²) in [5, 5.41) is 7.79. The Bertz CT molecular complexity index is 735. The van der Waals surface area contributed by atoms with Gasteiger partial charge >= 0.3 is 5.97 Å². The van der Waals surface area contributed by atoms with Crippen molar-refractivity contribution in [3.05, 3.63) is 59.7 Å². The van der Waals surface area contributed by atoms with Crippen LogP contribution < -0.4 is 4.84 Å². The average molecular weight is 253 g/mol. The van der Waals surface area contributed by atoms with Gasteiger partial charge < -0.3 is 4.84 Å². The largest absolute Gasteiger partial charge is 0.365 e. The summed E-state index contributed by atoms with van der Waals surface area (Å²) in [6.07, 6.45) is 0. The number of fused-ring (bicyclic) bond motifs is 1. The van der Waals surface area contributed by atoms with Crippen molar-refractivity contribution >= 4 is 17.0 Å². The van der Waals surface area contributed by atoms with Gasteiger partial charge in [0.2, 0.25) is 0 Å². The molecule has 1 heterocycles. The highest BCUT2D eigenvalue weighted by Crippen LogP contribution is 2.12. The molecule has 94 valence electrons. The van der Waals surface area contributed by atoms with Gasteiger partial charge in [-0.15, -0.1) is 5.10 Å². The van der Waals surface area contributed by atoms with E-state index in [1.807, 2.05) is 31.2 Å². The van der Waals surface area contributed by atoms with Crippen molar-refractivity contribution in [2.24, 2.45) is 0 Å². The van der Waals surface area contributed by atoms with Gasteiger partial charge in [0.25, 0.3) is 0 Å². The molecule has 3 rings (SSSR count). The molecular formula is C14H11N3O2. The third kappa shape index (κ3) is 2.18. The maximum absolute atomic E-state index is 11.9. The van der Waals surface area contributed by atoms with Crippen molar-refractivity contribution in [2.75, 3.05) is 0 Å². The van der Waals surface area contributed by atoms with Crippen molar-refractivity contribution in [3.63, 3.8) is 0 Å². The second kappa shape index (κ2) is 4.53. The summed E-state index contributed by atoms with van der Waals surface area (Å²) >= 11 is 0. The van der Waals surface area contributed by atoms with E-state index in [1.165, 1.54) is 0 Å². The Kier molecular flexibility index (Phi) is 2.72. The predicted octanol–water partition coefficient (Wildman–Crippen LogP) is 2.01. The zero-order valence-electron chi connectivity index (χ0n) is 10.3. The molecule has 1 aromatic heterocycles. The number of nitrogens with zero attached hydrogens (tertiary/aromatic N) is 3. The van der Waals surface area contributed by atoms with Crippen LogP contribution in [0.25, 0.3) is 11.0 Å². The standard InChI is InChI=1S/C14H11N3O2/c1-10-7-8-13-12(9-10)15-16-17(13)19-14(18)11-5-3-2-4-6-11/h2-9H,1H3. The molecule has 0 unspecified atom stereocenters. The summed E-state index contributed by atoms with van der Waals surface area (Å²) in [7, 11) is 0. The molecule has 0 N–H and O–H groups in total. The highest BCUT2D eigenvalue weighted by Gasteiger charge is 2.11. The lowest BCUT2D eigenvalue weighted by molar-refractivity contribution is 0.0409. The van der Waals surface area contributed by atoms with E-state index in [9.17, 15) is 4.79 Å². The van der Waals surface area contributed by atoms with Crippen molar-refractivity contribution in [3.8, 4) is 0 Å². The Hall–Kier alpha value is -2.69. The number of hydrogen-bond acceptors (Lipinski definition) is 4. The van der Waals surface area contributed by atoms with E-state index in [0.29, 0.717) is 16.6 Å². The molecule has 5 nitrogen and oxygen atoms in total. The molecule has 3 aromatic rings. The fourth-order valence-electron chi connectivity index (χ4n) is 1.79. The number of carbonyl (C=O) groups is 1. The van der Waals surface area contributed by atoms with Crippen molar-refractivity contribution in [1.82, 2.24) is 15.2 Å².